The zero-order valence-electron chi connectivity index (χ0n) is 13.1. The van der Waals surface area contributed by atoms with Crippen molar-refractivity contribution in [2.24, 2.45) is 5.16 Å². The van der Waals surface area contributed by atoms with Gasteiger partial charge in [0.1, 0.15) is 19.4 Å². The monoisotopic (exact) mass is 346 g/mol. The van der Waals surface area contributed by atoms with Crippen LogP contribution in [0.4, 0.5) is 13.2 Å². The van der Waals surface area contributed by atoms with Gasteiger partial charge in [-0.1, -0.05) is 23.4 Å². The minimum atomic E-state index is -4.44. The zero-order valence-corrected chi connectivity index (χ0v) is 13.1. The van der Waals surface area contributed by atoms with E-state index >= 15 is 0 Å². The van der Waals surface area contributed by atoms with Crippen molar-refractivity contribution in [2.45, 2.75) is 25.1 Å². The quantitative estimate of drug-likeness (QED) is 0.465. The minimum absolute atomic E-state index is 0.0700. The number of amides is 1. The predicted molar refractivity (Wildman–Crippen MR) is 79.2 cm³/mol. The van der Waals surface area contributed by atoms with Gasteiger partial charge in [0.15, 0.2) is 0 Å². The lowest BCUT2D eigenvalue weighted by atomic mass is 10.0. The van der Waals surface area contributed by atoms with E-state index in [0.29, 0.717) is 5.56 Å². The summed E-state index contributed by atoms with van der Waals surface area (Å²) in [6.45, 7) is 0. The maximum absolute atomic E-state index is 12.7. The lowest BCUT2D eigenvalue weighted by Gasteiger charge is -2.15. The van der Waals surface area contributed by atoms with E-state index in [4.69, 9.17) is 0 Å². The largest absolute Gasteiger partial charge is 0.467 e. The maximum atomic E-state index is 12.7. The summed E-state index contributed by atoms with van der Waals surface area (Å²) < 4.78 is 42.6. The average molecular weight is 346 g/mol. The number of nitrogens with zero attached hydrogens (tertiary/aromatic N) is 1. The van der Waals surface area contributed by atoms with Crippen molar-refractivity contribution in [3.63, 3.8) is 0 Å². The van der Waals surface area contributed by atoms with Crippen molar-refractivity contribution in [2.75, 3.05) is 14.2 Å². The van der Waals surface area contributed by atoms with Crippen LogP contribution < -0.4 is 5.32 Å². The Kier molecular flexibility index (Phi) is 7.22. The first-order valence-corrected chi connectivity index (χ1v) is 6.89. The normalized spacial score (nSPS) is 12.7. The van der Waals surface area contributed by atoms with Crippen LogP contribution in [0.1, 0.15) is 17.5 Å². The van der Waals surface area contributed by atoms with Crippen molar-refractivity contribution in [3.8, 4) is 0 Å². The van der Waals surface area contributed by atoms with Gasteiger partial charge in [-0.3, -0.25) is 4.79 Å². The molecule has 0 aliphatic rings. The average Bonchev–Trinajstić information content (AvgIpc) is 2.55. The molecule has 0 radical (unpaired) electrons. The van der Waals surface area contributed by atoms with Crippen LogP contribution in [0.25, 0.3) is 0 Å². The number of nitrogens with one attached hydrogen (secondary N) is 1. The van der Waals surface area contributed by atoms with E-state index in [1.165, 1.54) is 19.2 Å². The number of carbonyl (C=O) groups is 2. The molecule has 9 heteroatoms. The molecule has 0 aromatic heterocycles. The van der Waals surface area contributed by atoms with Gasteiger partial charge in [0.25, 0.3) is 5.91 Å². The number of methoxy groups -OCH3 is 1. The molecule has 0 saturated heterocycles. The number of alkyl halides is 3. The summed E-state index contributed by atoms with van der Waals surface area (Å²) in [7, 11) is 2.39. The smallest absolute Gasteiger partial charge is 0.416 e. The van der Waals surface area contributed by atoms with Gasteiger partial charge in [0, 0.05) is 0 Å². The second-order valence-corrected chi connectivity index (χ2v) is 4.74. The number of hydrogen-bond donors (Lipinski definition) is 1. The van der Waals surface area contributed by atoms with Gasteiger partial charge >= 0.3 is 12.1 Å². The summed E-state index contributed by atoms with van der Waals surface area (Å²) in [5, 5.41) is 5.61. The van der Waals surface area contributed by atoms with Gasteiger partial charge < -0.3 is 14.9 Å². The van der Waals surface area contributed by atoms with Gasteiger partial charge in [-0.2, -0.15) is 13.2 Å². The highest BCUT2D eigenvalue weighted by atomic mass is 19.4. The first-order chi connectivity index (χ1) is 11.3. The number of halogens is 3. The highest BCUT2D eigenvalue weighted by molar-refractivity contribution is 6.26. The minimum Gasteiger partial charge on any atom is -0.467 e. The first-order valence-electron chi connectivity index (χ1n) is 6.89. The molecule has 1 N–H and O–H groups in total. The summed E-state index contributed by atoms with van der Waals surface area (Å²) in [5.41, 5.74) is -0.385. The summed E-state index contributed by atoms with van der Waals surface area (Å²) >= 11 is 0. The standard InChI is InChI=1S/C15H17F3N2O4/c1-23-14(22)12(20-13(21)9-19-24-2)7-6-10-4-3-5-11(8-10)15(16,17)18/h3-5,8-9,12H,6-7H2,1-2H3,(H,20,21)/b19-9+/t12-/m0/s1. The van der Waals surface area contributed by atoms with Crippen molar-refractivity contribution in [1.82, 2.24) is 5.32 Å². The molecule has 24 heavy (non-hydrogen) atoms. The molecular weight excluding hydrogens is 329 g/mol. The van der Waals surface area contributed by atoms with Crippen LogP contribution >= 0.6 is 0 Å². The Morgan fingerprint density at radius 2 is 2.04 bits per heavy atom. The fourth-order valence-electron chi connectivity index (χ4n) is 1.91. The molecular formula is C15H17F3N2O4. The molecule has 0 bridgehead atoms. The second kappa shape index (κ2) is 8.90. The highest BCUT2D eigenvalue weighted by Crippen LogP contribution is 2.29. The van der Waals surface area contributed by atoms with E-state index in [1.807, 2.05) is 0 Å². The van der Waals surface area contributed by atoms with Crippen LogP contribution in [0, 0.1) is 0 Å². The number of esters is 1. The van der Waals surface area contributed by atoms with Crippen LogP contribution in [0.2, 0.25) is 0 Å². The molecule has 0 spiro atoms. The Morgan fingerprint density at radius 1 is 1.33 bits per heavy atom. The molecule has 0 aliphatic carbocycles. The molecule has 0 fully saturated rings. The zero-order chi connectivity index (χ0) is 18.2. The molecule has 0 unspecified atom stereocenters. The fraction of sp³-hybridized carbons (Fsp3) is 0.400. The Balaban J connectivity index is 2.76. The molecule has 1 amide bonds. The van der Waals surface area contributed by atoms with Crippen molar-refractivity contribution < 1.29 is 32.3 Å². The Morgan fingerprint density at radius 3 is 2.62 bits per heavy atom. The molecule has 1 rings (SSSR count). The van der Waals surface area contributed by atoms with Crippen LogP contribution in [0.15, 0.2) is 29.4 Å². The molecule has 0 aliphatic heterocycles. The second-order valence-electron chi connectivity index (χ2n) is 4.74. The van der Waals surface area contributed by atoms with E-state index in [9.17, 15) is 22.8 Å². The van der Waals surface area contributed by atoms with Gasteiger partial charge in [-0.15, -0.1) is 0 Å². The molecule has 6 nitrogen and oxygen atoms in total. The Bertz CT molecular complexity index is 603. The molecule has 1 atom stereocenters. The molecule has 1 aromatic rings. The third kappa shape index (κ3) is 6.27. The number of oxime groups is 1. The van der Waals surface area contributed by atoms with Crippen LogP contribution in [0.3, 0.4) is 0 Å². The van der Waals surface area contributed by atoms with Crippen LogP contribution in [-0.2, 0) is 31.8 Å². The predicted octanol–water partition coefficient (Wildman–Crippen LogP) is 1.93. The van der Waals surface area contributed by atoms with E-state index in [0.717, 1.165) is 25.5 Å². The van der Waals surface area contributed by atoms with Crippen molar-refractivity contribution in [1.29, 1.82) is 0 Å². The van der Waals surface area contributed by atoms with Crippen molar-refractivity contribution >= 4 is 18.1 Å². The van der Waals surface area contributed by atoms with E-state index < -0.39 is 29.7 Å². The van der Waals surface area contributed by atoms with E-state index in [1.54, 1.807) is 0 Å². The number of ether oxygens (including phenoxy) is 1. The molecule has 0 saturated carbocycles. The van der Waals surface area contributed by atoms with Gasteiger partial charge in [0.05, 0.1) is 12.7 Å². The van der Waals surface area contributed by atoms with Gasteiger partial charge in [0.2, 0.25) is 0 Å². The number of carbonyl (C=O) groups excluding carboxylic acids is 2. The first kappa shape index (κ1) is 19.5. The SMILES string of the molecule is CO/N=C/C(=O)N[C@@H](CCc1cccc(C(F)(F)F)c1)C(=O)OC. The van der Waals surface area contributed by atoms with E-state index in [-0.39, 0.29) is 12.8 Å². The molecule has 1 aromatic carbocycles. The topological polar surface area (TPSA) is 77.0 Å². The van der Waals surface area contributed by atoms with Crippen LogP contribution in [-0.4, -0.2) is 38.4 Å². The Labute approximate surface area is 136 Å². The number of benzene rings is 1. The maximum Gasteiger partial charge on any atom is 0.416 e. The molecule has 132 valence electrons. The van der Waals surface area contributed by atoms with Gasteiger partial charge in [-0.25, -0.2) is 4.79 Å². The van der Waals surface area contributed by atoms with E-state index in [2.05, 4.69) is 20.0 Å². The number of hydrogen-bond acceptors (Lipinski definition) is 5. The van der Waals surface area contributed by atoms with Gasteiger partial charge in [-0.05, 0) is 24.5 Å². The highest BCUT2D eigenvalue weighted by Gasteiger charge is 2.30. The van der Waals surface area contributed by atoms with Crippen molar-refractivity contribution in [3.05, 3.63) is 35.4 Å². The van der Waals surface area contributed by atoms with Crippen LogP contribution in [0.5, 0.6) is 0 Å². The lowest BCUT2D eigenvalue weighted by Crippen LogP contribution is -2.42. The summed E-state index contributed by atoms with van der Waals surface area (Å²) in [6.07, 6.45) is -3.39. The number of rotatable bonds is 7. The fourth-order valence-corrected chi connectivity index (χ4v) is 1.91. The number of aryl methyl sites for hydroxylation is 1. The third-order valence-electron chi connectivity index (χ3n) is 3.05. The lowest BCUT2D eigenvalue weighted by molar-refractivity contribution is -0.144. The summed E-state index contributed by atoms with van der Waals surface area (Å²) in [5.74, 6) is -1.39. The summed E-state index contributed by atoms with van der Waals surface area (Å²) in [6, 6.07) is 3.75. The third-order valence-corrected chi connectivity index (χ3v) is 3.05. The molecule has 0 heterocycles. The summed E-state index contributed by atoms with van der Waals surface area (Å²) in [4.78, 5) is 27.5. The Hall–Kier alpha value is -2.58.